The van der Waals surface area contributed by atoms with Crippen LogP contribution in [-0.4, -0.2) is 45.7 Å². The summed E-state index contributed by atoms with van der Waals surface area (Å²) in [6, 6.07) is 9.79. The number of benzene rings is 2. The van der Waals surface area contributed by atoms with Gasteiger partial charge in [-0.2, -0.15) is 0 Å². The number of rotatable bonds is 8. The van der Waals surface area contributed by atoms with Crippen molar-refractivity contribution in [2.24, 2.45) is 0 Å². The molecule has 3 amide bonds. The number of nitrogens with zero attached hydrogens (tertiary/aromatic N) is 2. The first kappa shape index (κ1) is 23.8. The number of nitro benzene ring substituents is 1. The van der Waals surface area contributed by atoms with E-state index >= 15 is 0 Å². The first-order valence-corrected chi connectivity index (χ1v) is 11.3. The van der Waals surface area contributed by atoms with Crippen molar-refractivity contribution in [3.05, 3.63) is 73.9 Å². The highest BCUT2D eigenvalue weighted by atomic mass is 35.5. The number of halogens is 2. The molecule has 0 radical (unpaired) electrons. The second kappa shape index (κ2) is 10.6. The molecule has 0 aromatic heterocycles. The summed E-state index contributed by atoms with van der Waals surface area (Å²) in [7, 11) is 0. The lowest BCUT2D eigenvalue weighted by Gasteiger charge is -2.13. The first-order valence-electron chi connectivity index (χ1n) is 9.09. The summed E-state index contributed by atoms with van der Waals surface area (Å²) in [4.78, 5) is 48.9. The van der Waals surface area contributed by atoms with Gasteiger partial charge in [-0.05, 0) is 53.7 Å². The summed E-state index contributed by atoms with van der Waals surface area (Å²) >= 11 is 7.72. The Labute approximate surface area is 195 Å². The van der Waals surface area contributed by atoms with E-state index in [-0.39, 0.29) is 46.2 Å². The molecule has 1 heterocycles. The van der Waals surface area contributed by atoms with Gasteiger partial charge in [0.1, 0.15) is 10.8 Å². The maximum absolute atomic E-state index is 12.9. The number of imide groups is 1. The van der Waals surface area contributed by atoms with Gasteiger partial charge in [-0.1, -0.05) is 17.7 Å². The van der Waals surface area contributed by atoms with E-state index in [1.807, 2.05) is 0 Å². The van der Waals surface area contributed by atoms with Gasteiger partial charge in [0.05, 0.1) is 15.6 Å². The minimum absolute atomic E-state index is 0.0181. The summed E-state index contributed by atoms with van der Waals surface area (Å²) < 4.78 is 12.9. The Morgan fingerprint density at radius 1 is 1.25 bits per heavy atom. The lowest BCUT2D eigenvalue weighted by atomic mass is 10.2. The average Bonchev–Trinajstić information content (AvgIpc) is 3.01. The van der Waals surface area contributed by atoms with E-state index in [1.165, 1.54) is 48.2 Å². The number of nitrogens with one attached hydrogen (secondary N) is 1. The van der Waals surface area contributed by atoms with Gasteiger partial charge in [0.25, 0.3) is 16.8 Å². The monoisotopic (exact) mass is 495 g/mol. The van der Waals surface area contributed by atoms with E-state index in [9.17, 15) is 28.9 Å². The van der Waals surface area contributed by atoms with E-state index in [4.69, 9.17) is 11.6 Å². The van der Waals surface area contributed by atoms with Crippen molar-refractivity contribution in [2.75, 3.05) is 18.8 Å². The van der Waals surface area contributed by atoms with Crippen molar-refractivity contribution in [1.29, 1.82) is 0 Å². The quantitative estimate of drug-likeness (QED) is 0.251. The molecule has 0 unspecified atom stereocenters. The fraction of sp³-hybridized carbons (Fsp3) is 0.150. The second-order valence-corrected chi connectivity index (χ2v) is 8.84. The molecule has 12 heteroatoms. The highest BCUT2D eigenvalue weighted by Crippen LogP contribution is 2.33. The van der Waals surface area contributed by atoms with Gasteiger partial charge in [-0.25, -0.2) is 4.39 Å². The summed E-state index contributed by atoms with van der Waals surface area (Å²) in [5.41, 5.74) is 0.0542. The largest absolute Gasteiger partial charge is 0.354 e. The third-order valence-corrected chi connectivity index (χ3v) is 6.42. The van der Waals surface area contributed by atoms with Crippen LogP contribution in [0.15, 0.2) is 52.3 Å². The Morgan fingerprint density at radius 2 is 1.97 bits per heavy atom. The number of carbonyl (C=O) groups is 3. The summed E-state index contributed by atoms with van der Waals surface area (Å²) in [5.74, 6) is -1.11. The molecule has 2 aromatic carbocycles. The van der Waals surface area contributed by atoms with Crippen LogP contribution < -0.4 is 5.32 Å². The Balaban J connectivity index is 1.53. The number of hydrogen-bond donors (Lipinski definition) is 1. The number of carbonyl (C=O) groups excluding carboxylic acids is 3. The number of thioether (sulfide) groups is 2. The van der Waals surface area contributed by atoms with Crippen LogP contribution in [0.4, 0.5) is 14.9 Å². The Morgan fingerprint density at radius 3 is 2.66 bits per heavy atom. The maximum atomic E-state index is 12.9. The highest BCUT2D eigenvalue weighted by molar-refractivity contribution is 8.18. The fourth-order valence-corrected chi connectivity index (χ4v) is 4.42. The summed E-state index contributed by atoms with van der Waals surface area (Å²) in [6.07, 6.45) is 1.38. The normalized spacial score (nSPS) is 14.8. The van der Waals surface area contributed by atoms with Gasteiger partial charge in [-0.3, -0.25) is 29.4 Å². The molecule has 32 heavy (non-hydrogen) atoms. The van der Waals surface area contributed by atoms with Crippen LogP contribution in [0.5, 0.6) is 0 Å². The average molecular weight is 496 g/mol. The van der Waals surface area contributed by atoms with E-state index in [0.717, 1.165) is 9.80 Å². The van der Waals surface area contributed by atoms with E-state index in [2.05, 4.69) is 5.32 Å². The topological polar surface area (TPSA) is 110 Å². The number of hydrogen-bond acceptors (Lipinski definition) is 7. The molecular weight excluding hydrogens is 481 g/mol. The molecule has 0 spiro atoms. The van der Waals surface area contributed by atoms with Crippen molar-refractivity contribution < 1.29 is 23.7 Å². The Kier molecular flexibility index (Phi) is 7.89. The molecular formula is C20H15ClFN3O5S2. The van der Waals surface area contributed by atoms with Crippen LogP contribution in [0.1, 0.15) is 5.56 Å². The molecule has 1 aliphatic heterocycles. The van der Waals surface area contributed by atoms with Crippen LogP contribution in [-0.2, 0) is 9.59 Å². The fourth-order valence-electron chi connectivity index (χ4n) is 2.64. The molecule has 0 saturated carbocycles. The molecule has 1 saturated heterocycles. The predicted octanol–water partition coefficient (Wildman–Crippen LogP) is 4.33. The minimum Gasteiger partial charge on any atom is -0.354 e. The lowest BCUT2D eigenvalue weighted by Crippen LogP contribution is -2.37. The summed E-state index contributed by atoms with van der Waals surface area (Å²) in [5, 5.41) is 13.1. The third kappa shape index (κ3) is 6.09. The molecule has 0 aliphatic carbocycles. The van der Waals surface area contributed by atoms with Crippen molar-refractivity contribution in [2.45, 2.75) is 4.90 Å². The standard InChI is InChI=1S/C20H15ClFN3O5S2/c21-15-6-1-12(9-16(15)25(29)30)10-17-19(27)24(20(28)32-17)8-7-23-18(26)11-31-14-4-2-13(22)3-5-14/h1-6,9-10H,7-8,11H2,(H,23,26)/b17-10-. The first-order chi connectivity index (χ1) is 15.2. The molecule has 0 bridgehead atoms. The van der Waals surface area contributed by atoms with Gasteiger partial charge in [0.15, 0.2) is 0 Å². The molecule has 1 aliphatic rings. The zero-order valence-corrected chi connectivity index (χ0v) is 18.6. The zero-order valence-electron chi connectivity index (χ0n) is 16.2. The molecule has 8 nitrogen and oxygen atoms in total. The van der Waals surface area contributed by atoms with Crippen molar-refractivity contribution in [1.82, 2.24) is 10.2 Å². The second-order valence-electron chi connectivity index (χ2n) is 6.39. The number of nitro groups is 1. The van der Waals surface area contributed by atoms with Crippen LogP contribution in [0.2, 0.25) is 5.02 Å². The van der Waals surface area contributed by atoms with Crippen LogP contribution in [0, 0.1) is 15.9 Å². The minimum atomic E-state index is -0.636. The van der Waals surface area contributed by atoms with Crippen molar-refractivity contribution in [3.8, 4) is 0 Å². The van der Waals surface area contributed by atoms with E-state index < -0.39 is 16.1 Å². The molecule has 3 rings (SSSR count). The third-order valence-electron chi connectivity index (χ3n) is 4.18. The predicted molar refractivity (Wildman–Crippen MR) is 121 cm³/mol. The highest BCUT2D eigenvalue weighted by Gasteiger charge is 2.34. The molecule has 1 N–H and O–H groups in total. The van der Waals surface area contributed by atoms with Gasteiger partial charge in [-0.15, -0.1) is 11.8 Å². The van der Waals surface area contributed by atoms with Crippen molar-refractivity contribution >= 4 is 63.9 Å². The Hall–Kier alpha value is -2.89. The molecule has 1 fully saturated rings. The van der Waals surface area contributed by atoms with Gasteiger partial charge in [0.2, 0.25) is 5.91 Å². The zero-order chi connectivity index (χ0) is 23.3. The van der Waals surface area contributed by atoms with Crippen LogP contribution in [0.25, 0.3) is 6.08 Å². The lowest BCUT2D eigenvalue weighted by molar-refractivity contribution is -0.384. The number of amides is 3. The van der Waals surface area contributed by atoms with Crippen molar-refractivity contribution in [3.63, 3.8) is 0 Å². The van der Waals surface area contributed by atoms with Gasteiger partial charge in [0, 0.05) is 24.1 Å². The molecule has 0 atom stereocenters. The van der Waals surface area contributed by atoms with Gasteiger partial charge >= 0.3 is 0 Å². The molecule has 2 aromatic rings. The maximum Gasteiger partial charge on any atom is 0.293 e. The SMILES string of the molecule is O=C(CSc1ccc(F)cc1)NCCN1C(=O)S/C(=C\c2ccc(Cl)c([N+](=O)[O-])c2)C1=O. The smallest absolute Gasteiger partial charge is 0.293 e. The van der Waals surface area contributed by atoms with E-state index in [0.29, 0.717) is 17.3 Å². The van der Waals surface area contributed by atoms with Crippen LogP contribution in [0.3, 0.4) is 0 Å². The van der Waals surface area contributed by atoms with Crippen LogP contribution >= 0.6 is 35.1 Å². The van der Waals surface area contributed by atoms with E-state index in [1.54, 1.807) is 12.1 Å². The molecule has 166 valence electrons. The van der Waals surface area contributed by atoms with Gasteiger partial charge < -0.3 is 5.32 Å². The summed E-state index contributed by atoms with van der Waals surface area (Å²) in [6.45, 7) is 0.0519. The Bertz CT molecular complexity index is 1110.